The number of aliphatic imine (C=N–C) groups is 1. The molecule has 0 bridgehead atoms. The van der Waals surface area contributed by atoms with Gasteiger partial charge in [-0.05, 0) is 43.6 Å². The average molecular weight is 453 g/mol. The molecule has 1 unspecified atom stereocenters. The summed E-state index contributed by atoms with van der Waals surface area (Å²) in [6.07, 6.45) is 4.16. The van der Waals surface area contributed by atoms with E-state index in [0.29, 0.717) is 5.92 Å². The van der Waals surface area contributed by atoms with Gasteiger partial charge in [0.25, 0.3) is 0 Å². The standard InChI is InChI=1S/C17H31N3OS.HI/c1-4-7-15(10-12-21)14-19-17(18-5-2)20(3)11-9-16-8-6-13-22-16;/h6,8,13,15,21H,4-5,7,9-12,14H2,1-3H3,(H,18,19);1H. The Kier molecular flexibility index (Phi) is 13.8. The maximum Gasteiger partial charge on any atom is 0.193 e. The van der Waals surface area contributed by atoms with Crippen molar-refractivity contribution in [1.29, 1.82) is 0 Å². The van der Waals surface area contributed by atoms with Gasteiger partial charge in [-0.15, -0.1) is 35.3 Å². The Labute approximate surface area is 162 Å². The Morgan fingerprint density at radius 3 is 2.74 bits per heavy atom. The summed E-state index contributed by atoms with van der Waals surface area (Å²) in [6, 6.07) is 4.28. The number of hydrogen-bond donors (Lipinski definition) is 2. The van der Waals surface area contributed by atoms with Gasteiger partial charge in [0.1, 0.15) is 0 Å². The minimum absolute atomic E-state index is 0. The van der Waals surface area contributed by atoms with Crippen LogP contribution in [-0.2, 0) is 6.42 Å². The molecule has 1 rings (SSSR count). The molecule has 0 saturated carbocycles. The van der Waals surface area contributed by atoms with Crippen molar-refractivity contribution < 1.29 is 5.11 Å². The fraction of sp³-hybridized carbons (Fsp3) is 0.706. The normalized spacial score (nSPS) is 12.6. The summed E-state index contributed by atoms with van der Waals surface area (Å²) < 4.78 is 0. The van der Waals surface area contributed by atoms with E-state index in [1.165, 1.54) is 4.88 Å². The minimum atomic E-state index is 0. The molecule has 134 valence electrons. The van der Waals surface area contributed by atoms with Crippen LogP contribution in [0.3, 0.4) is 0 Å². The zero-order valence-electron chi connectivity index (χ0n) is 14.6. The largest absolute Gasteiger partial charge is 0.396 e. The smallest absolute Gasteiger partial charge is 0.193 e. The number of thiophene rings is 1. The Bertz CT molecular complexity index is 406. The van der Waals surface area contributed by atoms with Crippen LogP contribution in [-0.4, -0.2) is 49.3 Å². The lowest BCUT2D eigenvalue weighted by atomic mass is 10.0. The van der Waals surface area contributed by atoms with Gasteiger partial charge in [-0.3, -0.25) is 4.99 Å². The Balaban J connectivity index is 0.00000484. The van der Waals surface area contributed by atoms with Gasteiger partial charge < -0.3 is 15.3 Å². The van der Waals surface area contributed by atoms with E-state index in [9.17, 15) is 0 Å². The van der Waals surface area contributed by atoms with Crippen molar-refractivity contribution >= 4 is 41.3 Å². The highest BCUT2D eigenvalue weighted by Gasteiger charge is 2.10. The van der Waals surface area contributed by atoms with Crippen molar-refractivity contribution in [3.05, 3.63) is 22.4 Å². The van der Waals surface area contributed by atoms with E-state index in [-0.39, 0.29) is 30.6 Å². The van der Waals surface area contributed by atoms with Crippen LogP contribution in [0.5, 0.6) is 0 Å². The first-order valence-corrected chi connectivity index (χ1v) is 9.21. The highest BCUT2D eigenvalue weighted by atomic mass is 127. The molecule has 0 aliphatic rings. The summed E-state index contributed by atoms with van der Waals surface area (Å²) in [5.74, 6) is 1.45. The predicted octanol–water partition coefficient (Wildman–Crippen LogP) is 3.60. The lowest BCUT2D eigenvalue weighted by molar-refractivity contribution is 0.253. The van der Waals surface area contributed by atoms with Crippen LogP contribution < -0.4 is 5.32 Å². The third kappa shape index (κ3) is 9.52. The van der Waals surface area contributed by atoms with Crippen molar-refractivity contribution in [1.82, 2.24) is 10.2 Å². The van der Waals surface area contributed by atoms with E-state index in [4.69, 9.17) is 10.1 Å². The molecule has 0 radical (unpaired) electrons. The zero-order valence-corrected chi connectivity index (χ0v) is 17.8. The molecule has 4 nitrogen and oxygen atoms in total. The molecule has 23 heavy (non-hydrogen) atoms. The molecule has 1 atom stereocenters. The summed E-state index contributed by atoms with van der Waals surface area (Å²) in [4.78, 5) is 8.38. The third-order valence-corrected chi connectivity index (χ3v) is 4.64. The summed E-state index contributed by atoms with van der Waals surface area (Å²) in [7, 11) is 2.09. The number of guanidine groups is 1. The van der Waals surface area contributed by atoms with Crippen LogP contribution >= 0.6 is 35.3 Å². The van der Waals surface area contributed by atoms with Gasteiger partial charge in [-0.2, -0.15) is 0 Å². The number of halogens is 1. The first kappa shape index (κ1) is 22.7. The number of rotatable bonds is 10. The van der Waals surface area contributed by atoms with Crippen LogP contribution in [0.25, 0.3) is 0 Å². The lowest BCUT2D eigenvalue weighted by Crippen LogP contribution is -2.40. The van der Waals surface area contributed by atoms with E-state index in [1.54, 1.807) is 11.3 Å². The monoisotopic (exact) mass is 453 g/mol. The van der Waals surface area contributed by atoms with Crippen LogP contribution in [0, 0.1) is 5.92 Å². The molecule has 0 aliphatic heterocycles. The van der Waals surface area contributed by atoms with Gasteiger partial charge >= 0.3 is 0 Å². The number of likely N-dealkylation sites (N-methyl/N-ethyl adjacent to an activating group) is 1. The molecular weight excluding hydrogens is 421 g/mol. The maximum atomic E-state index is 9.16. The van der Waals surface area contributed by atoms with E-state index in [0.717, 1.165) is 51.3 Å². The van der Waals surface area contributed by atoms with Crippen LogP contribution in [0.4, 0.5) is 0 Å². The summed E-state index contributed by atoms with van der Waals surface area (Å²) in [6.45, 7) is 7.17. The van der Waals surface area contributed by atoms with Crippen molar-refractivity contribution in [3.63, 3.8) is 0 Å². The number of nitrogens with zero attached hydrogens (tertiary/aromatic N) is 2. The van der Waals surface area contributed by atoms with E-state index < -0.39 is 0 Å². The van der Waals surface area contributed by atoms with E-state index >= 15 is 0 Å². The van der Waals surface area contributed by atoms with Crippen molar-refractivity contribution in [2.45, 2.75) is 39.5 Å². The maximum absolute atomic E-state index is 9.16. The van der Waals surface area contributed by atoms with Gasteiger partial charge in [0, 0.05) is 38.2 Å². The molecule has 0 amide bonds. The van der Waals surface area contributed by atoms with Crippen LogP contribution in [0.2, 0.25) is 0 Å². The lowest BCUT2D eigenvalue weighted by Gasteiger charge is -2.23. The van der Waals surface area contributed by atoms with E-state index in [2.05, 4.69) is 48.6 Å². The highest BCUT2D eigenvalue weighted by molar-refractivity contribution is 14.0. The Morgan fingerprint density at radius 1 is 1.39 bits per heavy atom. The molecule has 0 aromatic carbocycles. The molecule has 0 spiro atoms. The van der Waals surface area contributed by atoms with Gasteiger partial charge in [0.2, 0.25) is 0 Å². The first-order valence-electron chi connectivity index (χ1n) is 8.33. The van der Waals surface area contributed by atoms with Crippen molar-refractivity contribution in [3.8, 4) is 0 Å². The van der Waals surface area contributed by atoms with Gasteiger partial charge in [0.15, 0.2) is 5.96 Å². The molecule has 0 aliphatic carbocycles. The van der Waals surface area contributed by atoms with Crippen molar-refractivity contribution in [2.75, 3.05) is 33.3 Å². The molecule has 1 aromatic rings. The fourth-order valence-electron chi connectivity index (χ4n) is 2.44. The molecule has 2 N–H and O–H groups in total. The van der Waals surface area contributed by atoms with Gasteiger partial charge in [0.05, 0.1) is 0 Å². The number of aliphatic hydroxyl groups is 1. The predicted molar refractivity (Wildman–Crippen MR) is 112 cm³/mol. The highest BCUT2D eigenvalue weighted by Crippen LogP contribution is 2.12. The third-order valence-electron chi connectivity index (χ3n) is 3.70. The molecular formula is C17H32IN3OS. The molecule has 1 heterocycles. The molecule has 0 fully saturated rings. The fourth-order valence-corrected chi connectivity index (χ4v) is 3.14. The topological polar surface area (TPSA) is 47.9 Å². The van der Waals surface area contributed by atoms with Gasteiger partial charge in [-0.25, -0.2) is 0 Å². The quantitative estimate of drug-likeness (QED) is 0.323. The van der Waals surface area contributed by atoms with Gasteiger partial charge in [-0.1, -0.05) is 19.4 Å². The van der Waals surface area contributed by atoms with Crippen molar-refractivity contribution in [2.24, 2.45) is 10.9 Å². The van der Waals surface area contributed by atoms with E-state index in [1.807, 2.05) is 0 Å². The zero-order chi connectivity index (χ0) is 16.2. The minimum Gasteiger partial charge on any atom is -0.396 e. The second-order valence-electron chi connectivity index (χ2n) is 5.61. The number of nitrogens with one attached hydrogen (secondary N) is 1. The number of hydrogen-bond acceptors (Lipinski definition) is 3. The number of aliphatic hydroxyl groups excluding tert-OH is 1. The van der Waals surface area contributed by atoms with Crippen LogP contribution in [0.15, 0.2) is 22.5 Å². The second-order valence-corrected chi connectivity index (χ2v) is 6.64. The summed E-state index contributed by atoms with van der Waals surface area (Å²) >= 11 is 1.81. The average Bonchev–Trinajstić information content (AvgIpc) is 3.02. The Morgan fingerprint density at radius 2 is 2.17 bits per heavy atom. The SMILES string of the molecule is CCCC(CCO)CN=C(NCC)N(C)CCc1cccs1.I. The van der Waals surface area contributed by atoms with Crippen LogP contribution in [0.1, 0.15) is 38.0 Å². The summed E-state index contributed by atoms with van der Waals surface area (Å²) in [5, 5.41) is 14.7. The summed E-state index contributed by atoms with van der Waals surface area (Å²) in [5.41, 5.74) is 0. The second kappa shape index (κ2) is 14.0. The Hall–Kier alpha value is -0.340. The molecule has 0 saturated heterocycles. The first-order chi connectivity index (χ1) is 10.7. The molecule has 1 aromatic heterocycles. The molecule has 6 heteroatoms.